The first-order valence-electron chi connectivity index (χ1n) is 16.6. The van der Waals surface area contributed by atoms with Crippen molar-refractivity contribution in [2.75, 3.05) is 22.9 Å². The van der Waals surface area contributed by atoms with Gasteiger partial charge in [-0.05, 0) is 117 Å². The van der Waals surface area contributed by atoms with Crippen LogP contribution in [0.5, 0.6) is 0 Å². The third-order valence-electron chi connectivity index (χ3n) is 9.57. The molecule has 2 aliphatic rings. The maximum atomic E-state index is 7.26. The van der Waals surface area contributed by atoms with E-state index < -0.39 is 7.55 Å². The van der Waals surface area contributed by atoms with Gasteiger partial charge in [-0.2, -0.15) is 0 Å². The molecule has 1 aliphatic heterocycles. The van der Waals surface area contributed by atoms with Crippen LogP contribution in [-0.4, -0.2) is 18.6 Å². The van der Waals surface area contributed by atoms with E-state index in [-0.39, 0.29) is 19.5 Å². The van der Waals surface area contributed by atoms with E-state index in [2.05, 4.69) is 154 Å². The first-order chi connectivity index (χ1) is 23.1. The van der Waals surface area contributed by atoms with Gasteiger partial charge in [0.05, 0.1) is 10.0 Å². The quantitative estimate of drug-likeness (QED) is 0.129. The van der Waals surface area contributed by atoms with Gasteiger partial charge >= 0.3 is 19.5 Å². The predicted octanol–water partition coefficient (Wildman–Crippen LogP) is 11.4. The third-order valence-corrected chi connectivity index (χ3v) is 13.1. The molecule has 248 valence electrons. The van der Waals surface area contributed by atoms with Gasteiger partial charge in [-0.1, -0.05) is 125 Å². The normalized spacial score (nSPS) is 15.4. The molecule has 1 heterocycles. The van der Waals surface area contributed by atoms with Gasteiger partial charge in [0.15, 0.2) is 0 Å². The van der Waals surface area contributed by atoms with Crippen LogP contribution in [0.4, 0.5) is 11.4 Å². The Morgan fingerprint density at radius 2 is 1.16 bits per heavy atom. The zero-order valence-corrected chi connectivity index (χ0v) is 33.1. The summed E-state index contributed by atoms with van der Waals surface area (Å²) in [5.74, 6) is 2.55. The van der Waals surface area contributed by atoms with Gasteiger partial charge in [-0.15, -0.1) is 0 Å². The van der Waals surface area contributed by atoms with Gasteiger partial charge in [-0.25, -0.2) is 0 Å². The topological polar surface area (TPSA) is 6.48 Å². The maximum absolute atomic E-state index is 7.26. The second-order valence-corrected chi connectivity index (χ2v) is 16.1. The minimum Gasteiger partial charge on any atom is -0.325 e. The van der Waals surface area contributed by atoms with Crippen molar-refractivity contribution in [1.29, 1.82) is 0 Å². The Labute approximate surface area is 315 Å². The molecule has 1 fully saturated rings. The maximum Gasteiger partial charge on any atom is 2.00 e. The summed E-state index contributed by atoms with van der Waals surface area (Å²) in [5.41, 5.74) is 17.7. The van der Waals surface area contributed by atoms with E-state index in [1.54, 1.807) is 0 Å². The molecule has 0 aromatic heterocycles. The van der Waals surface area contributed by atoms with Crippen molar-refractivity contribution in [2.45, 2.75) is 41.5 Å². The van der Waals surface area contributed by atoms with Gasteiger partial charge in [0.1, 0.15) is 5.54 Å². The van der Waals surface area contributed by atoms with E-state index in [1.165, 1.54) is 78.1 Å². The van der Waals surface area contributed by atoms with Crippen LogP contribution >= 0.6 is 30.7 Å². The predicted molar refractivity (Wildman–Crippen MR) is 214 cm³/mol. The smallest absolute Gasteiger partial charge is 0.325 e. The number of aryl methyl sites for hydroxylation is 6. The van der Waals surface area contributed by atoms with Crippen molar-refractivity contribution in [3.63, 3.8) is 0 Å². The number of allylic oxidation sites excluding steroid dienone is 2. The SMILES string of the molecule is Cc1cc(C)c(N2CCN(c3c(C)cc(C)cc3C)C2=[PH](C=C2C(c3ccccc3)=Cc3ccccc32)c2cccc(Cl)c2Cl)c(C)c1.[Ru+2]. The fraction of sp³-hybridized carbons (Fsp3) is 0.186. The monoisotopic (exact) mass is 788 g/mol. The van der Waals surface area contributed by atoms with Crippen LogP contribution in [0.1, 0.15) is 50.1 Å². The largest absolute Gasteiger partial charge is 2.00 e. The molecule has 1 atom stereocenters. The van der Waals surface area contributed by atoms with E-state index in [9.17, 15) is 0 Å². The molecule has 5 aromatic rings. The second-order valence-electron chi connectivity index (χ2n) is 13.2. The van der Waals surface area contributed by atoms with Crippen molar-refractivity contribution in [3.8, 4) is 0 Å². The Hall–Kier alpha value is -3.32. The fourth-order valence-electron chi connectivity index (χ4n) is 7.86. The van der Waals surface area contributed by atoms with Gasteiger partial charge in [-0.3, -0.25) is 0 Å². The summed E-state index contributed by atoms with van der Waals surface area (Å²) >= 11 is 14.1. The van der Waals surface area contributed by atoms with Crippen molar-refractivity contribution in [2.24, 2.45) is 0 Å². The third kappa shape index (κ3) is 6.65. The second kappa shape index (κ2) is 14.5. The summed E-state index contributed by atoms with van der Waals surface area (Å²) in [4.78, 5) is 5.19. The molecule has 7 rings (SSSR count). The number of rotatable bonds is 5. The van der Waals surface area contributed by atoms with Crippen molar-refractivity contribution in [1.82, 2.24) is 0 Å². The van der Waals surface area contributed by atoms with Crippen LogP contribution in [0.3, 0.4) is 0 Å². The molecule has 6 heteroatoms. The van der Waals surface area contributed by atoms with E-state index in [0.717, 1.165) is 18.4 Å². The van der Waals surface area contributed by atoms with Gasteiger partial charge < -0.3 is 9.80 Å². The Morgan fingerprint density at radius 3 is 1.73 bits per heavy atom. The molecule has 0 radical (unpaired) electrons. The summed E-state index contributed by atoms with van der Waals surface area (Å²) in [7, 11) is -1.74. The summed E-state index contributed by atoms with van der Waals surface area (Å²) in [6.07, 6.45) is 2.34. The molecular formula is C43H41Cl2N2PRu+2. The average molecular weight is 789 g/mol. The van der Waals surface area contributed by atoms with E-state index >= 15 is 0 Å². The molecule has 0 saturated carbocycles. The van der Waals surface area contributed by atoms with Crippen molar-refractivity contribution in [3.05, 3.63) is 163 Å². The number of nitrogens with zero attached hydrogens (tertiary/aromatic N) is 2. The first kappa shape index (κ1) is 35.5. The van der Waals surface area contributed by atoms with Crippen molar-refractivity contribution < 1.29 is 19.5 Å². The molecule has 5 aromatic carbocycles. The molecule has 49 heavy (non-hydrogen) atoms. The minimum absolute atomic E-state index is 0. The first-order valence-corrected chi connectivity index (χ1v) is 18.9. The molecule has 0 N–H and O–H groups in total. The Bertz CT molecular complexity index is 2070. The number of hydrogen-bond donors (Lipinski definition) is 0. The average Bonchev–Trinajstić information content (AvgIpc) is 3.62. The number of halogens is 2. The molecular weight excluding hydrogens is 747 g/mol. The molecule has 1 aliphatic carbocycles. The van der Waals surface area contributed by atoms with Gasteiger partial charge in [0.25, 0.3) is 0 Å². The van der Waals surface area contributed by atoms with E-state index in [1.807, 2.05) is 6.07 Å². The van der Waals surface area contributed by atoms with Gasteiger partial charge in [0, 0.05) is 29.8 Å². The number of anilines is 2. The van der Waals surface area contributed by atoms with Crippen LogP contribution in [0.15, 0.2) is 103 Å². The molecule has 1 unspecified atom stereocenters. The molecule has 0 bridgehead atoms. The van der Waals surface area contributed by atoms with E-state index in [0.29, 0.717) is 10.0 Å². The zero-order chi connectivity index (χ0) is 33.7. The summed E-state index contributed by atoms with van der Waals surface area (Å²) in [5, 5.41) is 2.31. The molecule has 1 saturated heterocycles. The Morgan fingerprint density at radius 1 is 0.633 bits per heavy atom. The summed E-state index contributed by atoms with van der Waals surface area (Å²) in [6.45, 7) is 15.1. The van der Waals surface area contributed by atoms with Crippen LogP contribution in [0, 0.1) is 41.5 Å². The number of benzene rings is 5. The van der Waals surface area contributed by atoms with Crippen LogP contribution in [0.25, 0.3) is 17.2 Å². The summed E-state index contributed by atoms with van der Waals surface area (Å²) < 4.78 is 0. The molecule has 0 spiro atoms. The Balaban J connectivity index is 0.00000417. The zero-order valence-electron chi connectivity index (χ0n) is 28.8. The minimum atomic E-state index is -1.74. The van der Waals surface area contributed by atoms with Gasteiger partial charge in [0.2, 0.25) is 0 Å². The van der Waals surface area contributed by atoms with Crippen LogP contribution in [-0.2, 0) is 19.5 Å². The fourth-order valence-corrected chi connectivity index (χ4v) is 11.3. The number of fused-ring (bicyclic) bond motifs is 1. The molecule has 0 amide bonds. The van der Waals surface area contributed by atoms with Crippen molar-refractivity contribution >= 4 is 70.2 Å². The molecule has 2 nitrogen and oxygen atoms in total. The standard InChI is InChI=1S/C43H41Cl2N2P.Ru/c1-27-21-29(3)41(30(4)22-27)46-19-20-47(42-31(5)23-28(2)24-32(42)6)43(46)48(39-18-12-17-38(44)40(39)45)26-37-35-16-11-10-15-34(35)25-36(37)33-13-8-7-9-14-33;/h7-18,21-26,48H,19-20H2,1-6H3;/q;+2. The number of hydrogen-bond acceptors (Lipinski definition) is 0. The van der Waals surface area contributed by atoms with E-state index in [4.69, 9.17) is 23.2 Å². The van der Waals surface area contributed by atoms with Crippen LogP contribution in [0.2, 0.25) is 10.0 Å². The Kier molecular flexibility index (Phi) is 10.5. The summed E-state index contributed by atoms with van der Waals surface area (Å²) in [6, 6.07) is 34.9. The van der Waals surface area contributed by atoms with Crippen LogP contribution < -0.4 is 15.1 Å².